The maximum Gasteiger partial charge on any atom is 0.306 e. The molecule has 3 heteroatoms. The topological polar surface area (TPSA) is 35.5 Å². The summed E-state index contributed by atoms with van der Waals surface area (Å²) in [5.74, 6) is 0.600. The number of ether oxygens (including phenoxy) is 2. The quantitative estimate of drug-likeness (QED) is 0.672. The van der Waals surface area contributed by atoms with Crippen molar-refractivity contribution < 1.29 is 14.3 Å². The standard InChI is InChI=1S/C12H20O3/c1-14-11(13)7-12(8-15-9-12)10-5-3-2-4-6-10/h10H,2-9H2,1H3. The van der Waals surface area contributed by atoms with Gasteiger partial charge in [-0.25, -0.2) is 0 Å². The molecular formula is C12H20O3. The van der Waals surface area contributed by atoms with Gasteiger partial charge in [-0.1, -0.05) is 19.3 Å². The Morgan fingerprint density at radius 1 is 1.33 bits per heavy atom. The molecule has 86 valence electrons. The molecule has 0 aromatic carbocycles. The first-order chi connectivity index (χ1) is 7.27. The van der Waals surface area contributed by atoms with E-state index in [1.165, 1.54) is 39.2 Å². The van der Waals surface area contributed by atoms with Crippen molar-refractivity contribution in [2.75, 3.05) is 20.3 Å². The molecule has 2 rings (SSSR count). The molecule has 1 aliphatic carbocycles. The van der Waals surface area contributed by atoms with E-state index in [9.17, 15) is 4.79 Å². The van der Waals surface area contributed by atoms with Gasteiger partial charge < -0.3 is 9.47 Å². The van der Waals surface area contributed by atoms with E-state index in [4.69, 9.17) is 9.47 Å². The minimum atomic E-state index is -0.0797. The zero-order valence-electron chi connectivity index (χ0n) is 9.46. The van der Waals surface area contributed by atoms with E-state index in [2.05, 4.69) is 0 Å². The molecule has 1 aliphatic heterocycles. The summed E-state index contributed by atoms with van der Waals surface area (Å²) < 4.78 is 10.1. The number of esters is 1. The Hall–Kier alpha value is -0.570. The molecule has 0 aromatic heterocycles. The van der Waals surface area contributed by atoms with Crippen LogP contribution in [0.25, 0.3) is 0 Å². The second kappa shape index (κ2) is 4.52. The number of hydrogen-bond donors (Lipinski definition) is 0. The fourth-order valence-electron chi connectivity index (χ4n) is 2.92. The van der Waals surface area contributed by atoms with Gasteiger partial charge >= 0.3 is 5.97 Å². The van der Waals surface area contributed by atoms with Crippen LogP contribution in [0, 0.1) is 11.3 Å². The summed E-state index contributed by atoms with van der Waals surface area (Å²) in [6.07, 6.45) is 7.06. The third-order valence-corrected chi connectivity index (χ3v) is 3.97. The van der Waals surface area contributed by atoms with Crippen LogP contribution < -0.4 is 0 Å². The van der Waals surface area contributed by atoms with E-state index in [0.29, 0.717) is 12.3 Å². The average molecular weight is 212 g/mol. The first kappa shape index (κ1) is 10.9. The molecule has 3 nitrogen and oxygen atoms in total. The molecule has 0 radical (unpaired) electrons. The molecule has 0 atom stereocenters. The molecule has 0 spiro atoms. The predicted molar refractivity (Wildman–Crippen MR) is 56.5 cm³/mol. The largest absolute Gasteiger partial charge is 0.469 e. The molecule has 1 saturated carbocycles. The molecular weight excluding hydrogens is 192 g/mol. The van der Waals surface area contributed by atoms with Crippen molar-refractivity contribution in [1.29, 1.82) is 0 Å². The molecule has 2 aliphatic rings. The number of hydrogen-bond acceptors (Lipinski definition) is 3. The van der Waals surface area contributed by atoms with Gasteiger partial charge in [0.2, 0.25) is 0 Å². The van der Waals surface area contributed by atoms with Crippen LogP contribution in [0.4, 0.5) is 0 Å². The molecule has 2 fully saturated rings. The van der Waals surface area contributed by atoms with Crippen molar-refractivity contribution in [2.24, 2.45) is 11.3 Å². The fourth-order valence-corrected chi connectivity index (χ4v) is 2.92. The third kappa shape index (κ3) is 2.17. The summed E-state index contributed by atoms with van der Waals surface area (Å²) in [6.45, 7) is 1.51. The Bertz CT molecular complexity index is 227. The van der Waals surface area contributed by atoms with Gasteiger partial charge in [-0.2, -0.15) is 0 Å². The second-order valence-corrected chi connectivity index (χ2v) is 4.94. The molecule has 1 saturated heterocycles. The molecule has 0 aromatic rings. The second-order valence-electron chi connectivity index (χ2n) is 4.94. The minimum Gasteiger partial charge on any atom is -0.469 e. The molecule has 1 heterocycles. The van der Waals surface area contributed by atoms with Crippen LogP contribution in [-0.4, -0.2) is 26.3 Å². The van der Waals surface area contributed by atoms with Gasteiger partial charge in [0.15, 0.2) is 0 Å². The first-order valence-electron chi connectivity index (χ1n) is 5.91. The van der Waals surface area contributed by atoms with Gasteiger partial charge in [-0.15, -0.1) is 0 Å². The van der Waals surface area contributed by atoms with Gasteiger partial charge in [0.1, 0.15) is 0 Å². The molecule has 15 heavy (non-hydrogen) atoms. The molecule has 0 amide bonds. The zero-order valence-corrected chi connectivity index (χ0v) is 9.46. The SMILES string of the molecule is COC(=O)CC1(C2CCCCC2)COC1. The lowest BCUT2D eigenvalue weighted by molar-refractivity contribution is -0.176. The Labute approximate surface area is 91.1 Å². The summed E-state index contributed by atoms with van der Waals surface area (Å²) in [6, 6.07) is 0. The molecule has 0 N–H and O–H groups in total. The van der Waals surface area contributed by atoms with E-state index in [1.54, 1.807) is 0 Å². The molecule has 0 bridgehead atoms. The van der Waals surface area contributed by atoms with Gasteiger partial charge in [-0.3, -0.25) is 4.79 Å². The smallest absolute Gasteiger partial charge is 0.306 e. The van der Waals surface area contributed by atoms with Crippen molar-refractivity contribution in [3.63, 3.8) is 0 Å². The summed E-state index contributed by atoms with van der Waals surface area (Å²) in [5, 5.41) is 0. The van der Waals surface area contributed by atoms with Crippen LogP contribution in [-0.2, 0) is 14.3 Å². The van der Waals surface area contributed by atoms with Gasteiger partial charge in [-0.05, 0) is 18.8 Å². The van der Waals surface area contributed by atoms with E-state index >= 15 is 0 Å². The van der Waals surface area contributed by atoms with E-state index in [0.717, 1.165) is 13.2 Å². The minimum absolute atomic E-state index is 0.0797. The van der Waals surface area contributed by atoms with E-state index in [-0.39, 0.29) is 11.4 Å². The zero-order chi connectivity index (χ0) is 10.7. The van der Waals surface area contributed by atoms with Crippen LogP contribution in [0.1, 0.15) is 38.5 Å². The van der Waals surface area contributed by atoms with Crippen LogP contribution in [0.5, 0.6) is 0 Å². The lowest BCUT2D eigenvalue weighted by Gasteiger charge is -2.48. The van der Waals surface area contributed by atoms with Crippen molar-refractivity contribution in [1.82, 2.24) is 0 Å². The van der Waals surface area contributed by atoms with Gasteiger partial charge in [0.25, 0.3) is 0 Å². The summed E-state index contributed by atoms with van der Waals surface area (Å²) in [5.41, 5.74) is 0.119. The van der Waals surface area contributed by atoms with Crippen molar-refractivity contribution in [2.45, 2.75) is 38.5 Å². The summed E-state index contributed by atoms with van der Waals surface area (Å²) >= 11 is 0. The Morgan fingerprint density at radius 2 is 2.00 bits per heavy atom. The highest BCUT2D eigenvalue weighted by atomic mass is 16.5. The number of rotatable bonds is 3. The molecule has 0 unspecified atom stereocenters. The lowest BCUT2D eigenvalue weighted by atomic mass is 9.65. The normalized spacial score (nSPS) is 25.7. The highest BCUT2D eigenvalue weighted by Gasteiger charge is 2.47. The van der Waals surface area contributed by atoms with Crippen LogP contribution in [0.15, 0.2) is 0 Å². The van der Waals surface area contributed by atoms with Crippen molar-refractivity contribution in [3.05, 3.63) is 0 Å². The fraction of sp³-hybridized carbons (Fsp3) is 0.917. The Balaban J connectivity index is 1.97. The van der Waals surface area contributed by atoms with Crippen molar-refractivity contribution in [3.8, 4) is 0 Å². The monoisotopic (exact) mass is 212 g/mol. The van der Waals surface area contributed by atoms with Gasteiger partial charge in [0.05, 0.1) is 26.7 Å². The lowest BCUT2D eigenvalue weighted by Crippen LogP contribution is -2.50. The summed E-state index contributed by atoms with van der Waals surface area (Å²) in [4.78, 5) is 11.4. The average Bonchev–Trinajstić information content (AvgIpc) is 2.24. The highest BCUT2D eigenvalue weighted by Crippen LogP contribution is 2.46. The van der Waals surface area contributed by atoms with E-state index < -0.39 is 0 Å². The Kier molecular flexibility index (Phi) is 3.29. The van der Waals surface area contributed by atoms with Crippen LogP contribution in [0.3, 0.4) is 0 Å². The van der Waals surface area contributed by atoms with Crippen molar-refractivity contribution >= 4 is 5.97 Å². The number of carbonyl (C=O) groups is 1. The predicted octanol–water partition coefficient (Wildman–Crippen LogP) is 2.15. The van der Waals surface area contributed by atoms with Crippen LogP contribution in [0.2, 0.25) is 0 Å². The third-order valence-electron chi connectivity index (χ3n) is 3.97. The first-order valence-corrected chi connectivity index (χ1v) is 5.91. The Morgan fingerprint density at radius 3 is 2.47 bits per heavy atom. The van der Waals surface area contributed by atoms with Gasteiger partial charge in [0, 0.05) is 5.41 Å². The highest BCUT2D eigenvalue weighted by molar-refractivity contribution is 5.70. The van der Waals surface area contributed by atoms with Crippen LogP contribution >= 0.6 is 0 Å². The number of methoxy groups -OCH3 is 1. The summed E-state index contributed by atoms with van der Waals surface area (Å²) in [7, 11) is 1.47. The number of carbonyl (C=O) groups excluding carboxylic acids is 1. The maximum absolute atomic E-state index is 11.4. The van der Waals surface area contributed by atoms with E-state index in [1.807, 2.05) is 0 Å². The maximum atomic E-state index is 11.4.